The van der Waals surface area contributed by atoms with Crippen LogP contribution in [0.2, 0.25) is 0 Å². The van der Waals surface area contributed by atoms with Gasteiger partial charge in [0.25, 0.3) is 0 Å². The number of rotatable bonds is 7. The molecule has 1 aliphatic heterocycles. The molecule has 1 fully saturated rings. The van der Waals surface area contributed by atoms with E-state index in [4.69, 9.17) is 4.74 Å². The van der Waals surface area contributed by atoms with Gasteiger partial charge in [-0.2, -0.15) is 0 Å². The Morgan fingerprint density at radius 3 is 2.42 bits per heavy atom. The number of anilines is 1. The summed E-state index contributed by atoms with van der Waals surface area (Å²) in [6, 6.07) is 17.9. The molecule has 4 heteroatoms. The molecule has 0 radical (unpaired) electrons. The summed E-state index contributed by atoms with van der Waals surface area (Å²) in [4.78, 5) is 14.9. The van der Waals surface area contributed by atoms with Gasteiger partial charge in [-0.3, -0.25) is 4.79 Å². The average Bonchev–Trinajstić information content (AvgIpc) is 2.72. The van der Waals surface area contributed by atoms with Gasteiger partial charge in [0, 0.05) is 12.1 Å². The molecule has 2 aromatic carbocycles. The summed E-state index contributed by atoms with van der Waals surface area (Å²) >= 11 is 0. The highest BCUT2D eigenvalue weighted by atomic mass is 16.5. The number of piperidine rings is 1. The highest BCUT2D eigenvalue weighted by Crippen LogP contribution is 2.24. The number of amides is 1. The molecule has 1 heterocycles. The second-order valence-corrected chi connectivity index (χ2v) is 6.90. The van der Waals surface area contributed by atoms with Crippen molar-refractivity contribution in [2.45, 2.75) is 32.2 Å². The average molecular weight is 352 g/mol. The Morgan fingerprint density at radius 1 is 1.08 bits per heavy atom. The Kier molecular flexibility index (Phi) is 6.67. The molecule has 1 aliphatic rings. The Labute approximate surface area is 156 Å². The highest BCUT2D eigenvalue weighted by molar-refractivity contribution is 5.93. The van der Waals surface area contributed by atoms with Crippen LogP contribution in [0.25, 0.3) is 0 Å². The zero-order chi connectivity index (χ0) is 18.2. The van der Waals surface area contributed by atoms with Gasteiger partial charge in [0.15, 0.2) is 0 Å². The molecule has 1 amide bonds. The van der Waals surface area contributed by atoms with Gasteiger partial charge in [0.2, 0.25) is 5.91 Å². The van der Waals surface area contributed by atoms with E-state index in [-0.39, 0.29) is 5.91 Å². The molecular formula is C22H28N2O2. The Bertz CT molecular complexity index is 679. The molecule has 0 aliphatic carbocycles. The Morgan fingerprint density at radius 2 is 1.77 bits per heavy atom. The van der Waals surface area contributed by atoms with Crippen LogP contribution in [-0.2, 0) is 11.3 Å². The summed E-state index contributed by atoms with van der Waals surface area (Å²) in [6.07, 6.45) is 3.93. The van der Waals surface area contributed by atoms with Crippen molar-refractivity contribution < 1.29 is 9.53 Å². The normalized spacial score (nSPS) is 14.8. The Balaban J connectivity index is 1.71. The van der Waals surface area contributed by atoms with E-state index in [9.17, 15) is 4.79 Å². The molecule has 1 N–H and O–H groups in total. The lowest BCUT2D eigenvalue weighted by Crippen LogP contribution is -2.32. The van der Waals surface area contributed by atoms with Crippen LogP contribution in [0.1, 0.15) is 31.2 Å². The van der Waals surface area contributed by atoms with Crippen LogP contribution in [0.4, 0.5) is 5.69 Å². The van der Waals surface area contributed by atoms with E-state index in [1.807, 2.05) is 47.4 Å². The predicted molar refractivity (Wildman–Crippen MR) is 105 cm³/mol. The smallest absolute Gasteiger partial charge is 0.227 e. The number of methoxy groups -OCH3 is 1. The fourth-order valence-corrected chi connectivity index (χ4v) is 3.48. The van der Waals surface area contributed by atoms with Gasteiger partial charge < -0.3 is 15.0 Å². The maximum Gasteiger partial charge on any atom is 0.227 e. The summed E-state index contributed by atoms with van der Waals surface area (Å²) in [5, 5.41) is 3.39. The van der Waals surface area contributed by atoms with Gasteiger partial charge in [0.1, 0.15) is 5.75 Å². The lowest BCUT2D eigenvalue weighted by Gasteiger charge is -2.26. The number of ether oxygens (including phenoxy) is 1. The van der Waals surface area contributed by atoms with Crippen molar-refractivity contribution in [1.29, 1.82) is 0 Å². The van der Waals surface area contributed by atoms with Gasteiger partial charge in [-0.25, -0.2) is 0 Å². The van der Waals surface area contributed by atoms with Crippen LogP contribution in [-0.4, -0.2) is 26.1 Å². The van der Waals surface area contributed by atoms with Crippen LogP contribution in [0.5, 0.6) is 5.75 Å². The summed E-state index contributed by atoms with van der Waals surface area (Å²) in [6.45, 7) is 2.74. The highest BCUT2D eigenvalue weighted by Gasteiger charge is 2.19. The molecule has 4 nitrogen and oxygen atoms in total. The quantitative estimate of drug-likeness (QED) is 0.819. The van der Waals surface area contributed by atoms with Crippen LogP contribution >= 0.6 is 0 Å². The molecule has 2 aromatic rings. The van der Waals surface area contributed by atoms with Crippen molar-refractivity contribution in [3.63, 3.8) is 0 Å². The third-order valence-corrected chi connectivity index (χ3v) is 5.09. The summed E-state index contributed by atoms with van der Waals surface area (Å²) in [7, 11) is 1.65. The summed E-state index contributed by atoms with van der Waals surface area (Å²) in [5.41, 5.74) is 2.06. The van der Waals surface area contributed by atoms with E-state index >= 15 is 0 Å². The minimum Gasteiger partial charge on any atom is -0.497 e. The number of carbonyl (C=O) groups excluding carboxylic acids is 1. The van der Waals surface area contributed by atoms with E-state index < -0.39 is 0 Å². The molecule has 0 aromatic heterocycles. The molecule has 3 rings (SSSR count). The first-order valence-corrected chi connectivity index (χ1v) is 9.45. The van der Waals surface area contributed by atoms with E-state index in [0.29, 0.717) is 18.9 Å². The van der Waals surface area contributed by atoms with Crippen LogP contribution < -0.4 is 15.0 Å². The molecule has 26 heavy (non-hydrogen) atoms. The van der Waals surface area contributed by atoms with Crippen molar-refractivity contribution in [2.24, 2.45) is 5.92 Å². The molecule has 0 bridgehead atoms. The van der Waals surface area contributed by atoms with Crippen LogP contribution in [0, 0.1) is 5.92 Å². The van der Waals surface area contributed by atoms with Crippen molar-refractivity contribution in [2.75, 3.05) is 25.1 Å². The molecule has 0 unspecified atom stereocenters. The third kappa shape index (κ3) is 5.09. The van der Waals surface area contributed by atoms with E-state index in [1.165, 1.54) is 12.8 Å². The van der Waals surface area contributed by atoms with Gasteiger partial charge in [0.05, 0.1) is 13.7 Å². The van der Waals surface area contributed by atoms with Gasteiger partial charge in [-0.15, -0.1) is 0 Å². The minimum absolute atomic E-state index is 0.192. The summed E-state index contributed by atoms with van der Waals surface area (Å²) < 4.78 is 5.25. The SMILES string of the molecule is COc1ccc(N(Cc2ccccc2)C(=O)CCC2CCNCC2)cc1. The number of nitrogens with zero attached hydrogens (tertiary/aromatic N) is 1. The minimum atomic E-state index is 0.192. The Hall–Kier alpha value is -2.33. The lowest BCUT2D eigenvalue weighted by atomic mass is 9.93. The monoisotopic (exact) mass is 352 g/mol. The van der Waals surface area contributed by atoms with Gasteiger partial charge >= 0.3 is 0 Å². The molecule has 0 spiro atoms. The largest absolute Gasteiger partial charge is 0.497 e. The maximum absolute atomic E-state index is 13.0. The molecular weight excluding hydrogens is 324 g/mol. The standard InChI is InChI=1S/C22H28N2O2/c1-26-21-10-8-20(9-11-21)24(17-19-5-3-2-4-6-19)22(25)12-7-18-13-15-23-16-14-18/h2-6,8-11,18,23H,7,12-17H2,1H3. The fourth-order valence-electron chi connectivity index (χ4n) is 3.48. The molecule has 0 saturated carbocycles. The van der Waals surface area contributed by atoms with Crippen molar-refractivity contribution in [3.8, 4) is 5.75 Å². The third-order valence-electron chi connectivity index (χ3n) is 5.09. The lowest BCUT2D eigenvalue weighted by molar-refractivity contribution is -0.119. The number of hydrogen-bond acceptors (Lipinski definition) is 3. The number of hydrogen-bond donors (Lipinski definition) is 1. The van der Waals surface area contributed by atoms with Crippen molar-refractivity contribution >= 4 is 11.6 Å². The first-order chi connectivity index (χ1) is 12.8. The van der Waals surface area contributed by atoms with Crippen LogP contribution in [0.15, 0.2) is 54.6 Å². The second-order valence-electron chi connectivity index (χ2n) is 6.90. The van der Waals surface area contributed by atoms with E-state index in [0.717, 1.165) is 36.5 Å². The number of carbonyl (C=O) groups is 1. The van der Waals surface area contributed by atoms with Crippen LogP contribution in [0.3, 0.4) is 0 Å². The molecule has 1 saturated heterocycles. The van der Waals surface area contributed by atoms with Gasteiger partial charge in [-0.05, 0) is 68.1 Å². The number of benzene rings is 2. The summed E-state index contributed by atoms with van der Waals surface area (Å²) in [5.74, 6) is 1.66. The first-order valence-electron chi connectivity index (χ1n) is 9.45. The first kappa shape index (κ1) is 18.5. The van der Waals surface area contributed by atoms with E-state index in [1.54, 1.807) is 7.11 Å². The van der Waals surface area contributed by atoms with Crippen molar-refractivity contribution in [3.05, 3.63) is 60.2 Å². The molecule has 0 atom stereocenters. The zero-order valence-corrected chi connectivity index (χ0v) is 15.5. The van der Waals surface area contributed by atoms with Crippen molar-refractivity contribution in [1.82, 2.24) is 5.32 Å². The zero-order valence-electron chi connectivity index (χ0n) is 15.5. The number of nitrogens with one attached hydrogen (secondary N) is 1. The fraction of sp³-hybridized carbons (Fsp3) is 0.409. The maximum atomic E-state index is 13.0. The van der Waals surface area contributed by atoms with Gasteiger partial charge in [-0.1, -0.05) is 30.3 Å². The second kappa shape index (κ2) is 9.39. The molecule has 138 valence electrons. The van der Waals surface area contributed by atoms with E-state index in [2.05, 4.69) is 17.4 Å². The predicted octanol–water partition coefficient (Wildman–Crippen LogP) is 4.01. The topological polar surface area (TPSA) is 41.6 Å².